The standard InChI is InChI=1S/C25H32N4O2/c1-25(2,20-10-5-4-6-11-20)27-22-13-12-19(16-26-22)24(31)29-15-14-21(17-29)28(3)23(30)18-8-7-9-18/h4-6,10-13,16,18,21H,7-9,14-15,17H2,1-3H3,(H,26,27)/t21-/m0/s1. The van der Waals surface area contributed by atoms with Crippen molar-refractivity contribution in [3.8, 4) is 0 Å². The number of nitrogens with one attached hydrogen (secondary N) is 1. The second-order valence-corrected chi connectivity index (χ2v) is 9.32. The van der Waals surface area contributed by atoms with E-state index in [1.807, 2.05) is 47.2 Å². The van der Waals surface area contributed by atoms with Crippen molar-refractivity contribution in [2.24, 2.45) is 5.92 Å². The molecule has 164 valence electrons. The number of carbonyl (C=O) groups excluding carboxylic acids is 2. The molecule has 0 spiro atoms. The van der Waals surface area contributed by atoms with E-state index in [0.717, 1.165) is 31.5 Å². The first kappa shape index (κ1) is 21.3. The molecular formula is C25H32N4O2. The Labute approximate surface area is 184 Å². The van der Waals surface area contributed by atoms with Crippen molar-refractivity contribution in [2.75, 3.05) is 25.5 Å². The fourth-order valence-corrected chi connectivity index (χ4v) is 4.39. The molecule has 2 fully saturated rings. The Morgan fingerprint density at radius 1 is 1.10 bits per heavy atom. The number of nitrogens with zero attached hydrogens (tertiary/aromatic N) is 3. The second kappa shape index (κ2) is 8.69. The van der Waals surface area contributed by atoms with Crippen molar-refractivity contribution in [3.05, 3.63) is 59.8 Å². The van der Waals surface area contributed by atoms with Crippen LogP contribution in [-0.2, 0) is 10.3 Å². The van der Waals surface area contributed by atoms with Crippen LogP contribution in [-0.4, -0.2) is 52.8 Å². The van der Waals surface area contributed by atoms with Gasteiger partial charge in [-0.2, -0.15) is 0 Å². The molecule has 4 rings (SSSR count). The molecule has 1 saturated carbocycles. The number of benzene rings is 1. The minimum atomic E-state index is -0.278. The van der Waals surface area contributed by atoms with Crippen molar-refractivity contribution in [3.63, 3.8) is 0 Å². The molecule has 31 heavy (non-hydrogen) atoms. The number of likely N-dealkylation sites (N-methyl/N-ethyl adjacent to an activating group) is 1. The normalized spacial score (nSPS) is 19.1. The molecule has 0 bridgehead atoms. The number of likely N-dealkylation sites (tertiary alicyclic amines) is 1. The van der Waals surface area contributed by atoms with E-state index in [4.69, 9.17) is 0 Å². The second-order valence-electron chi connectivity index (χ2n) is 9.32. The van der Waals surface area contributed by atoms with Crippen LogP contribution < -0.4 is 5.32 Å². The van der Waals surface area contributed by atoms with Gasteiger partial charge in [0.25, 0.3) is 5.91 Å². The van der Waals surface area contributed by atoms with Crippen LogP contribution in [0.2, 0.25) is 0 Å². The van der Waals surface area contributed by atoms with Gasteiger partial charge in [0, 0.05) is 32.3 Å². The summed E-state index contributed by atoms with van der Waals surface area (Å²) in [6, 6.07) is 14.0. The Bertz CT molecular complexity index is 922. The van der Waals surface area contributed by atoms with E-state index in [0.29, 0.717) is 18.7 Å². The number of carbonyl (C=O) groups is 2. The van der Waals surface area contributed by atoms with Gasteiger partial charge in [0.1, 0.15) is 5.82 Å². The zero-order chi connectivity index (χ0) is 22.0. The van der Waals surface area contributed by atoms with Gasteiger partial charge in [-0.3, -0.25) is 9.59 Å². The molecule has 1 aromatic heterocycles. The van der Waals surface area contributed by atoms with E-state index < -0.39 is 0 Å². The number of amides is 2. The molecule has 0 radical (unpaired) electrons. The summed E-state index contributed by atoms with van der Waals surface area (Å²) in [6.45, 7) is 5.48. The SMILES string of the molecule is CN(C(=O)C1CCC1)[C@H]1CCN(C(=O)c2ccc(NC(C)(C)c3ccccc3)nc2)C1. The summed E-state index contributed by atoms with van der Waals surface area (Å²) in [7, 11) is 1.88. The van der Waals surface area contributed by atoms with Gasteiger partial charge in [0.2, 0.25) is 5.91 Å². The average Bonchev–Trinajstić information content (AvgIpc) is 3.22. The topological polar surface area (TPSA) is 65.5 Å². The van der Waals surface area contributed by atoms with Gasteiger partial charge >= 0.3 is 0 Å². The molecule has 6 nitrogen and oxygen atoms in total. The Kier molecular flexibility index (Phi) is 5.99. The minimum absolute atomic E-state index is 0.0200. The Morgan fingerprint density at radius 2 is 1.84 bits per heavy atom. The van der Waals surface area contributed by atoms with E-state index in [1.165, 1.54) is 5.56 Å². The zero-order valence-electron chi connectivity index (χ0n) is 18.7. The molecule has 2 aromatic rings. The Morgan fingerprint density at radius 3 is 2.45 bits per heavy atom. The lowest BCUT2D eigenvalue weighted by Crippen LogP contribution is -2.44. The largest absolute Gasteiger partial charge is 0.361 e. The smallest absolute Gasteiger partial charge is 0.255 e. The summed E-state index contributed by atoms with van der Waals surface area (Å²) in [5.41, 5.74) is 1.47. The van der Waals surface area contributed by atoms with E-state index in [2.05, 4.69) is 36.3 Å². The number of pyridine rings is 1. The number of hydrogen-bond donors (Lipinski definition) is 1. The number of anilines is 1. The molecule has 1 aliphatic heterocycles. The molecule has 1 N–H and O–H groups in total. The van der Waals surface area contributed by atoms with Crippen LogP contribution in [0.5, 0.6) is 0 Å². The van der Waals surface area contributed by atoms with Crippen LogP contribution in [0.4, 0.5) is 5.82 Å². The highest BCUT2D eigenvalue weighted by atomic mass is 16.2. The highest BCUT2D eigenvalue weighted by Gasteiger charge is 2.35. The fraction of sp³-hybridized carbons (Fsp3) is 0.480. The first-order valence-electron chi connectivity index (χ1n) is 11.2. The van der Waals surface area contributed by atoms with Gasteiger partial charge < -0.3 is 15.1 Å². The van der Waals surface area contributed by atoms with Gasteiger partial charge in [-0.05, 0) is 50.8 Å². The first-order chi connectivity index (χ1) is 14.8. The summed E-state index contributed by atoms with van der Waals surface area (Å²) in [5, 5.41) is 3.45. The van der Waals surface area contributed by atoms with Crippen molar-refractivity contribution in [2.45, 2.75) is 51.1 Å². The van der Waals surface area contributed by atoms with Crippen molar-refractivity contribution >= 4 is 17.6 Å². The first-order valence-corrected chi connectivity index (χ1v) is 11.2. The Balaban J connectivity index is 1.36. The summed E-state index contributed by atoms with van der Waals surface area (Å²) in [6.07, 6.45) is 5.64. The molecular weight excluding hydrogens is 388 g/mol. The summed E-state index contributed by atoms with van der Waals surface area (Å²) >= 11 is 0. The molecule has 2 heterocycles. The quantitative estimate of drug-likeness (QED) is 0.770. The third kappa shape index (κ3) is 4.58. The minimum Gasteiger partial charge on any atom is -0.361 e. The van der Waals surface area contributed by atoms with Gasteiger partial charge in [-0.25, -0.2) is 4.98 Å². The van der Waals surface area contributed by atoms with E-state index in [1.54, 1.807) is 6.20 Å². The molecule has 6 heteroatoms. The van der Waals surface area contributed by atoms with Gasteiger partial charge in [0.05, 0.1) is 17.1 Å². The van der Waals surface area contributed by atoms with Crippen LogP contribution in [0.3, 0.4) is 0 Å². The van der Waals surface area contributed by atoms with Crippen LogP contribution in [0.25, 0.3) is 0 Å². The molecule has 0 unspecified atom stereocenters. The third-order valence-corrected chi connectivity index (χ3v) is 6.75. The number of hydrogen-bond acceptors (Lipinski definition) is 4. The summed E-state index contributed by atoms with van der Waals surface area (Å²) < 4.78 is 0. The maximum atomic E-state index is 13.0. The van der Waals surface area contributed by atoms with E-state index in [9.17, 15) is 9.59 Å². The van der Waals surface area contributed by atoms with Crippen LogP contribution in [0, 0.1) is 5.92 Å². The van der Waals surface area contributed by atoms with Crippen molar-refractivity contribution in [1.29, 1.82) is 0 Å². The lowest BCUT2D eigenvalue weighted by atomic mass is 9.84. The van der Waals surface area contributed by atoms with Crippen molar-refractivity contribution < 1.29 is 9.59 Å². The average molecular weight is 421 g/mol. The number of rotatable bonds is 6. The lowest BCUT2D eigenvalue weighted by molar-refractivity contribution is -0.138. The van der Waals surface area contributed by atoms with Crippen LogP contribution in [0.1, 0.15) is 55.5 Å². The Hall–Kier alpha value is -2.89. The van der Waals surface area contributed by atoms with Gasteiger partial charge in [0.15, 0.2) is 0 Å². The van der Waals surface area contributed by atoms with Gasteiger partial charge in [-0.15, -0.1) is 0 Å². The van der Waals surface area contributed by atoms with Crippen LogP contribution >= 0.6 is 0 Å². The molecule has 2 aliphatic rings. The third-order valence-electron chi connectivity index (χ3n) is 6.75. The van der Waals surface area contributed by atoms with Crippen LogP contribution in [0.15, 0.2) is 48.7 Å². The highest BCUT2D eigenvalue weighted by Crippen LogP contribution is 2.30. The maximum absolute atomic E-state index is 13.0. The molecule has 1 aliphatic carbocycles. The molecule has 1 aromatic carbocycles. The highest BCUT2D eigenvalue weighted by molar-refractivity contribution is 5.94. The predicted molar refractivity (Wildman–Crippen MR) is 122 cm³/mol. The van der Waals surface area contributed by atoms with Gasteiger partial charge in [-0.1, -0.05) is 36.8 Å². The van der Waals surface area contributed by atoms with Crippen molar-refractivity contribution in [1.82, 2.24) is 14.8 Å². The number of aromatic nitrogens is 1. The molecule has 1 atom stereocenters. The summed E-state index contributed by atoms with van der Waals surface area (Å²) in [4.78, 5) is 33.7. The lowest BCUT2D eigenvalue weighted by Gasteiger charge is -2.32. The maximum Gasteiger partial charge on any atom is 0.255 e. The fourth-order valence-electron chi connectivity index (χ4n) is 4.39. The van der Waals surface area contributed by atoms with E-state index >= 15 is 0 Å². The van der Waals surface area contributed by atoms with E-state index in [-0.39, 0.29) is 29.3 Å². The monoisotopic (exact) mass is 420 g/mol. The summed E-state index contributed by atoms with van der Waals surface area (Å²) in [5.74, 6) is 1.15. The molecule has 1 saturated heterocycles. The molecule has 2 amide bonds. The zero-order valence-corrected chi connectivity index (χ0v) is 18.7. The predicted octanol–water partition coefficient (Wildman–Crippen LogP) is 3.90.